The maximum atomic E-state index is 14.0. The van der Waals surface area contributed by atoms with Gasteiger partial charge in [0.1, 0.15) is 24.2 Å². The fourth-order valence-corrected chi connectivity index (χ4v) is 5.64. The Hall–Kier alpha value is -3.92. The molecule has 1 N–H and O–H groups in total. The first-order valence-electron chi connectivity index (χ1n) is 13.2. The molecule has 10 heteroatoms. The second-order valence-electron chi connectivity index (χ2n) is 9.24. The van der Waals surface area contributed by atoms with E-state index < -0.39 is 34.3 Å². The molecule has 1 atom stereocenters. The molecule has 0 aliphatic heterocycles. The molecule has 0 fully saturated rings. The van der Waals surface area contributed by atoms with E-state index in [0.717, 1.165) is 17.1 Å². The van der Waals surface area contributed by atoms with Gasteiger partial charge in [-0.3, -0.25) is 13.9 Å². The van der Waals surface area contributed by atoms with Gasteiger partial charge in [-0.15, -0.1) is 0 Å². The van der Waals surface area contributed by atoms with Crippen LogP contribution in [0, 0.1) is 5.82 Å². The molecule has 0 aromatic heterocycles. The van der Waals surface area contributed by atoms with Crippen molar-refractivity contribution in [2.24, 2.45) is 0 Å². The third-order valence-corrected chi connectivity index (χ3v) is 8.24. The minimum atomic E-state index is -4.16. The summed E-state index contributed by atoms with van der Waals surface area (Å²) in [5.74, 6) is -0.795. The number of benzene rings is 3. The summed E-state index contributed by atoms with van der Waals surface area (Å²) in [7, 11) is -2.66. The highest BCUT2D eigenvalue weighted by Crippen LogP contribution is 2.26. The van der Waals surface area contributed by atoms with Crippen molar-refractivity contribution in [1.29, 1.82) is 0 Å². The van der Waals surface area contributed by atoms with E-state index >= 15 is 0 Å². The van der Waals surface area contributed by atoms with Crippen molar-refractivity contribution in [3.05, 3.63) is 90.2 Å². The van der Waals surface area contributed by atoms with Crippen LogP contribution >= 0.6 is 0 Å². The van der Waals surface area contributed by atoms with E-state index in [1.54, 1.807) is 61.5 Å². The lowest BCUT2D eigenvalue weighted by atomic mass is 10.1. The van der Waals surface area contributed by atoms with Gasteiger partial charge in [0.25, 0.3) is 10.0 Å². The monoisotopic (exact) mass is 569 g/mol. The molecule has 0 saturated carbocycles. The highest BCUT2D eigenvalue weighted by Gasteiger charge is 2.33. The first kappa shape index (κ1) is 30.6. The van der Waals surface area contributed by atoms with Crippen molar-refractivity contribution in [3.8, 4) is 5.75 Å². The van der Waals surface area contributed by atoms with Gasteiger partial charge in [0.05, 0.1) is 17.7 Å². The summed E-state index contributed by atoms with van der Waals surface area (Å²) in [5, 5.41) is 2.88. The zero-order valence-electron chi connectivity index (χ0n) is 23.0. The molecule has 0 saturated heterocycles. The molecule has 0 aliphatic rings. The van der Waals surface area contributed by atoms with Crippen LogP contribution in [0.3, 0.4) is 0 Å². The number of halogens is 1. The number of carbonyl (C=O) groups excluding carboxylic acids is 2. The van der Waals surface area contributed by atoms with Crippen molar-refractivity contribution in [1.82, 2.24) is 10.2 Å². The van der Waals surface area contributed by atoms with E-state index in [9.17, 15) is 22.4 Å². The van der Waals surface area contributed by atoms with E-state index in [1.807, 2.05) is 6.92 Å². The maximum absolute atomic E-state index is 14.0. The maximum Gasteiger partial charge on any atom is 0.264 e. The van der Waals surface area contributed by atoms with Crippen molar-refractivity contribution >= 4 is 27.5 Å². The summed E-state index contributed by atoms with van der Waals surface area (Å²) in [5.41, 5.74) is 0.872. The second kappa shape index (κ2) is 14.5. The molecule has 0 bridgehead atoms. The number of ether oxygens (including phenoxy) is 1. The minimum absolute atomic E-state index is 0.000650. The van der Waals surface area contributed by atoms with E-state index in [2.05, 4.69) is 5.32 Å². The van der Waals surface area contributed by atoms with Crippen LogP contribution in [0.25, 0.3) is 0 Å². The first-order valence-corrected chi connectivity index (χ1v) is 14.7. The van der Waals surface area contributed by atoms with Crippen LogP contribution in [-0.2, 0) is 26.2 Å². The lowest BCUT2D eigenvalue weighted by molar-refractivity contribution is -0.140. The summed E-state index contributed by atoms with van der Waals surface area (Å²) in [6.45, 7) is 3.71. The average Bonchev–Trinajstić information content (AvgIpc) is 2.97. The number of nitrogens with one attached hydrogen (secondary N) is 1. The number of carbonyl (C=O) groups is 2. The largest absolute Gasteiger partial charge is 0.497 e. The van der Waals surface area contributed by atoms with Crippen LogP contribution in [0.15, 0.2) is 83.8 Å². The topological polar surface area (TPSA) is 96.0 Å². The van der Waals surface area contributed by atoms with Gasteiger partial charge in [0.2, 0.25) is 11.8 Å². The lowest BCUT2D eigenvalue weighted by Gasteiger charge is -2.33. The smallest absolute Gasteiger partial charge is 0.264 e. The number of sulfonamides is 1. The molecule has 0 heterocycles. The standard InChI is InChI=1S/C30H36FN3O5S/c1-4-6-20-32-30(36)28(5-2)33(21-23-12-14-24(31)15-13-23)29(35)22-34(25-16-18-26(39-3)19-17-25)40(37,38)27-10-8-7-9-11-27/h7-19,28H,4-6,20-22H2,1-3H3,(H,32,36)/t28-/m0/s1. The fraction of sp³-hybridized carbons (Fsp3) is 0.333. The fourth-order valence-electron chi connectivity index (χ4n) is 4.21. The number of hydrogen-bond donors (Lipinski definition) is 1. The molecular weight excluding hydrogens is 533 g/mol. The lowest BCUT2D eigenvalue weighted by Crippen LogP contribution is -2.52. The Labute approximate surface area is 235 Å². The number of anilines is 1. The van der Waals surface area contributed by atoms with E-state index in [4.69, 9.17) is 4.74 Å². The zero-order chi connectivity index (χ0) is 29.1. The van der Waals surface area contributed by atoms with Gasteiger partial charge in [-0.25, -0.2) is 12.8 Å². The predicted octanol–water partition coefficient (Wildman–Crippen LogP) is 4.75. The third kappa shape index (κ3) is 7.81. The van der Waals surface area contributed by atoms with Crippen LogP contribution in [0.2, 0.25) is 0 Å². The van der Waals surface area contributed by atoms with Gasteiger partial charge < -0.3 is 15.0 Å². The number of rotatable bonds is 14. The van der Waals surface area contributed by atoms with Crippen molar-refractivity contribution < 1.29 is 27.1 Å². The average molecular weight is 570 g/mol. The van der Waals surface area contributed by atoms with Crippen LogP contribution in [0.4, 0.5) is 10.1 Å². The van der Waals surface area contributed by atoms with Crippen LogP contribution < -0.4 is 14.4 Å². The number of nitrogens with zero attached hydrogens (tertiary/aromatic N) is 2. The van der Waals surface area contributed by atoms with Crippen LogP contribution in [0.1, 0.15) is 38.7 Å². The van der Waals surface area contributed by atoms with Gasteiger partial charge in [-0.2, -0.15) is 0 Å². The van der Waals surface area contributed by atoms with Crippen LogP contribution in [0.5, 0.6) is 5.75 Å². The molecule has 0 unspecified atom stereocenters. The molecular formula is C30H36FN3O5S. The Balaban J connectivity index is 2.02. The van der Waals surface area contributed by atoms with Crippen LogP contribution in [-0.4, -0.2) is 51.4 Å². The predicted molar refractivity (Wildman–Crippen MR) is 153 cm³/mol. The minimum Gasteiger partial charge on any atom is -0.497 e. The third-order valence-electron chi connectivity index (χ3n) is 6.45. The highest BCUT2D eigenvalue weighted by atomic mass is 32.2. The Morgan fingerprint density at radius 2 is 1.60 bits per heavy atom. The highest BCUT2D eigenvalue weighted by molar-refractivity contribution is 7.92. The van der Waals surface area contributed by atoms with Gasteiger partial charge in [-0.1, -0.05) is 50.6 Å². The SMILES string of the molecule is CCCCNC(=O)[C@H](CC)N(Cc1ccc(F)cc1)C(=O)CN(c1ccc(OC)cc1)S(=O)(=O)c1ccccc1. The summed E-state index contributed by atoms with van der Waals surface area (Å²) in [6.07, 6.45) is 1.98. The Kier molecular flexibility index (Phi) is 11.1. The molecule has 0 aliphatic carbocycles. The quantitative estimate of drug-likeness (QED) is 0.283. The van der Waals surface area contributed by atoms with Crippen molar-refractivity contribution in [2.45, 2.75) is 50.6 Å². The Morgan fingerprint density at radius 1 is 0.950 bits per heavy atom. The summed E-state index contributed by atoms with van der Waals surface area (Å²) in [6, 6.07) is 19.0. The van der Waals surface area contributed by atoms with Gasteiger partial charge in [0, 0.05) is 13.1 Å². The van der Waals surface area contributed by atoms with Gasteiger partial charge in [-0.05, 0) is 66.9 Å². The summed E-state index contributed by atoms with van der Waals surface area (Å²) in [4.78, 5) is 28.5. The molecule has 0 radical (unpaired) electrons. The van der Waals surface area contributed by atoms with Crippen molar-refractivity contribution in [3.63, 3.8) is 0 Å². The van der Waals surface area contributed by atoms with Gasteiger partial charge in [0.15, 0.2) is 0 Å². The second-order valence-corrected chi connectivity index (χ2v) is 11.1. The molecule has 3 aromatic rings. The number of methoxy groups -OCH3 is 1. The molecule has 3 aromatic carbocycles. The Bertz CT molecular complexity index is 1350. The molecule has 3 rings (SSSR count). The van der Waals surface area contributed by atoms with Gasteiger partial charge >= 0.3 is 0 Å². The van der Waals surface area contributed by atoms with E-state index in [0.29, 0.717) is 24.3 Å². The number of unbranched alkanes of at least 4 members (excludes halogenated alkanes) is 1. The molecule has 0 spiro atoms. The number of hydrogen-bond acceptors (Lipinski definition) is 5. The molecule has 2 amide bonds. The Morgan fingerprint density at radius 3 is 2.17 bits per heavy atom. The normalized spacial score (nSPS) is 11.9. The first-order chi connectivity index (χ1) is 19.2. The molecule has 214 valence electrons. The molecule has 8 nitrogen and oxygen atoms in total. The summed E-state index contributed by atoms with van der Waals surface area (Å²) < 4.78 is 47.4. The summed E-state index contributed by atoms with van der Waals surface area (Å²) >= 11 is 0. The van der Waals surface area contributed by atoms with E-state index in [-0.39, 0.29) is 23.0 Å². The zero-order valence-corrected chi connectivity index (χ0v) is 23.9. The number of amides is 2. The van der Waals surface area contributed by atoms with Crippen molar-refractivity contribution in [2.75, 3.05) is 24.5 Å². The van der Waals surface area contributed by atoms with E-state index in [1.165, 1.54) is 36.3 Å². The molecule has 40 heavy (non-hydrogen) atoms.